The Labute approximate surface area is 125 Å². The smallest absolute Gasteiger partial charge is 0.202 e. The van der Waals surface area contributed by atoms with Gasteiger partial charge in [-0.05, 0) is 12.1 Å². The maximum Gasteiger partial charge on any atom is 0.202 e. The molecule has 0 aliphatic heterocycles. The van der Waals surface area contributed by atoms with Crippen LogP contribution in [0.4, 0.5) is 5.13 Å². The normalized spacial score (nSPS) is 10.6. The van der Waals surface area contributed by atoms with E-state index in [4.69, 9.17) is 16.3 Å². The summed E-state index contributed by atoms with van der Waals surface area (Å²) in [6.45, 7) is 1.39. The van der Waals surface area contributed by atoms with Gasteiger partial charge in [0, 0.05) is 30.1 Å². The molecule has 4 nitrogen and oxygen atoms in total. The number of nitrogens with one attached hydrogen (secondary N) is 1. The average Bonchev–Trinajstić information content (AvgIpc) is 2.86. The molecule has 1 N–H and O–H groups in total. The summed E-state index contributed by atoms with van der Waals surface area (Å²) in [6, 6.07) is 7.78. The summed E-state index contributed by atoms with van der Waals surface area (Å²) < 4.78 is 9.27. The Morgan fingerprint density at radius 2 is 2.26 bits per heavy atom. The van der Waals surface area contributed by atoms with Crippen LogP contribution in [0.1, 0.15) is 5.82 Å². The maximum absolute atomic E-state index is 6.09. The monoisotopic (exact) mass is 315 g/mol. The van der Waals surface area contributed by atoms with Crippen LogP contribution in [0.25, 0.3) is 0 Å². The highest BCUT2D eigenvalue weighted by Crippen LogP contribution is 2.29. The van der Waals surface area contributed by atoms with Crippen LogP contribution in [0.2, 0.25) is 5.02 Å². The van der Waals surface area contributed by atoms with Gasteiger partial charge in [0.15, 0.2) is 5.82 Å². The third kappa shape index (κ3) is 4.65. The van der Waals surface area contributed by atoms with Gasteiger partial charge in [0.1, 0.15) is 0 Å². The molecule has 1 heterocycles. The first-order valence-corrected chi connectivity index (χ1v) is 7.86. The van der Waals surface area contributed by atoms with E-state index in [1.54, 1.807) is 18.9 Å². The largest absolute Gasteiger partial charge is 0.383 e. The quantitative estimate of drug-likeness (QED) is 0.625. The fourth-order valence-electron chi connectivity index (χ4n) is 1.35. The number of thioether (sulfide) groups is 1. The summed E-state index contributed by atoms with van der Waals surface area (Å²) in [6.07, 6.45) is 0. The van der Waals surface area contributed by atoms with Gasteiger partial charge in [0.25, 0.3) is 0 Å². The molecule has 0 radical (unpaired) electrons. The van der Waals surface area contributed by atoms with Crippen LogP contribution in [-0.4, -0.2) is 29.6 Å². The SMILES string of the molecule is COCCNc1nc(CSc2ccccc2Cl)ns1. The molecule has 102 valence electrons. The molecule has 0 aliphatic carbocycles. The van der Waals surface area contributed by atoms with Crippen LogP contribution in [0.5, 0.6) is 0 Å². The summed E-state index contributed by atoms with van der Waals surface area (Å²) in [7, 11) is 1.67. The number of benzene rings is 1. The van der Waals surface area contributed by atoms with Crippen molar-refractivity contribution < 1.29 is 4.74 Å². The molecule has 0 spiro atoms. The van der Waals surface area contributed by atoms with Crippen LogP contribution in [0, 0.1) is 0 Å². The van der Waals surface area contributed by atoms with Crippen molar-refractivity contribution in [3.63, 3.8) is 0 Å². The molecule has 0 amide bonds. The van der Waals surface area contributed by atoms with E-state index in [9.17, 15) is 0 Å². The van der Waals surface area contributed by atoms with Gasteiger partial charge in [0.05, 0.1) is 17.4 Å². The first-order valence-electron chi connectivity index (χ1n) is 5.72. The van der Waals surface area contributed by atoms with Crippen LogP contribution < -0.4 is 5.32 Å². The topological polar surface area (TPSA) is 47.0 Å². The summed E-state index contributed by atoms with van der Waals surface area (Å²) in [4.78, 5) is 5.45. The first-order chi connectivity index (χ1) is 9.29. The zero-order chi connectivity index (χ0) is 13.5. The molecule has 0 fully saturated rings. The first kappa shape index (κ1) is 14.6. The molecule has 2 aromatic rings. The van der Waals surface area contributed by atoms with E-state index in [1.165, 1.54) is 11.5 Å². The predicted molar refractivity (Wildman–Crippen MR) is 81.3 cm³/mol. The Kier molecular flexibility index (Phi) is 5.91. The molecule has 0 atom stereocenters. The lowest BCUT2D eigenvalue weighted by molar-refractivity contribution is 0.211. The Morgan fingerprint density at radius 3 is 3.05 bits per heavy atom. The van der Waals surface area contributed by atoms with Gasteiger partial charge in [-0.2, -0.15) is 4.37 Å². The molecule has 1 aromatic heterocycles. The predicted octanol–water partition coefficient (Wildman–Crippen LogP) is 3.54. The molecule has 0 aliphatic rings. The zero-order valence-corrected chi connectivity index (χ0v) is 12.8. The van der Waals surface area contributed by atoms with Crippen molar-refractivity contribution in [3.05, 3.63) is 35.1 Å². The third-order valence-corrected chi connectivity index (χ3v) is 4.47. The number of ether oxygens (including phenoxy) is 1. The maximum atomic E-state index is 6.09. The number of nitrogens with zero attached hydrogens (tertiary/aromatic N) is 2. The highest BCUT2D eigenvalue weighted by molar-refractivity contribution is 7.98. The number of aromatic nitrogens is 2. The van der Waals surface area contributed by atoms with Crippen molar-refractivity contribution in [1.29, 1.82) is 0 Å². The van der Waals surface area contributed by atoms with Crippen LogP contribution in [0.3, 0.4) is 0 Å². The minimum absolute atomic E-state index is 0.656. The second-order valence-corrected chi connectivity index (χ2v) is 5.83. The van der Waals surface area contributed by atoms with Crippen molar-refractivity contribution in [1.82, 2.24) is 9.36 Å². The molecule has 1 aromatic carbocycles. The number of hydrogen-bond acceptors (Lipinski definition) is 6. The zero-order valence-electron chi connectivity index (χ0n) is 10.4. The van der Waals surface area contributed by atoms with E-state index < -0.39 is 0 Å². The van der Waals surface area contributed by atoms with E-state index in [2.05, 4.69) is 14.7 Å². The lowest BCUT2D eigenvalue weighted by Crippen LogP contribution is -2.07. The van der Waals surface area contributed by atoms with Crippen LogP contribution in [-0.2, 0) is 10.5 Å². The molecule has 0 unspecified atom stereocenters. The van der Waals surface area contributed by atoms with E-state index in [1.807, 2.05) is 24.3 Å². The summed E-state index contributed by atoms with van der Waals surface area (Å²) in [5, 5.41) is 4.75. The van der Waals surface area contributed by atoms with Crippen molar-refractivity contribution >= 4 is 40.0 Å². The Balaban J connectivity index is 1.85. The van der Waals surface area contributed by atoms with Crippen LogP contribution in [0.15, 0.2) is 29.2 Å². The standard InChI is InChI=1S/C12H14ClN3OS2/c1-17-7-6-14-12-15-11(16-19-12)8-18-10-5-3-2-4-9(10)13/h2-5H,6-8H2,1H3,(H,14,15,16). The molecule has 19 heavy (non-hydrogen) atoms. The number of hydrogen-bond donors (Lipinski definition) is 1. The lowest BCUT2D eigenvalue weighted by atomic mass is 10.4. The number of rotatable bonds is 7. The molecule has 2 rings (SSSR count). The second-order valence-electron chi connectivity index (χ2n) is 3.65. The van der Waals surface area contributed by atoms with Crippen molar-refractivity contribution in [2.75, 3.05) is 25.6 Å². The Bertz CT molecular complexity index is 521. The Hall–Kier alpha value is -0.820. The minimum atomic E-state index is 0.656. The van der Waals surface area contributed by atoms with E-state index >= 15 is 0 Å². The highest BCUT2D eigenvalue weighted by Gasteiger charge is 2.06. The van der Waals surface area contributed by atoms with Crippen molar-refractivity contribution in [2.24, 2.45) is 0 Å². The van der Waals surface area contributed by atoms with Gasteiger partial charge in [-0.1, -0.05) is 23.7 Å². The fourth-order valence-corrected chi connectivity index (χ4v) is 3.13. The molecule has 0 saturated carbocycles. The average molecular weight is 316 g/mol. The molecular weight excluding hydrogens is 302 g/mol. The fraction of sp³-hybridized carbons (Fsp3) is 0.333. The minimum Gasteiger partial charge on any atom is -0.383 e. The van der Waals surface area contributed by atoms with E-state index in [-0.39, 0.29) is 0 Å². The van der Waals surface area contributed by atoms with Crippen molar-refractivity contribution in [2.45, 2.75) is 10.6 Å². The van der Waals surface area contributed by atoms with Crippen molar-refractivity contribution in [3.8, 4) is 0 Å². The van der Waals surface area contributed by atoms with Gasteiger partial charge in [-0.15, -0.1) is 11.8 Å². The third-order valence-electron chi connectivity index (χ3n) is 2.24. The summed E-state index contributed by atoms with van der Waals surface area (Å²) >= 11 is 9.10. The Morgan fingerprint density at radius 1 is 1.42 bits per heavy atom. The number of anilines is 1. The summed E-state index contributed by atoms with van der Waals surface area (Å²) in [5.74, 6) is 1.53. The van der Waals surface area contributed by atoms with Crippen LogP contribution >= 0.6 is 34.9 Å². The van der Waals surface area contributed by atoms with Gasteiger partial charge in [0.2, 0.25) is 5.13 Å². The molecule has 0 saturated heterocycles. The van der Waals surface area contributed by atoms with Gasteiger partial charge < -0.3 is 10.1 Å². The highest BCUT2D eigenvalue weighted by atomic mass is 35.5. The van der Waals surface area contributed by atoms with E-state index in [0.717, 1.165) is 27.4 Å². The molecule has 0 bridgehead atoms. The number of methoxy groups -OCH3 is 1. The van der Waals surface area contributed by atoms with Gasteiger partial charge in [-0.3, -0.25) is 0 Å². The summed E-state index contributed by atoms with van der Waals surface area (Å²) in [5.41, 5.74) is 0. The van der Waals surface area contributed by atoms with Gasteiger partial charge in [-0.25, -0.2) is 4.98 Å². The van der Waals surface area contributed by atoms with Gasteiger partial charge >= 0.3 is 0 Å². The second kappa shape index (κ2) is 7.69. The lowest BCUT2D eigenvalue weighted by Gasteiger charge is -2.01. The van der Waals surface area contributed by atoms with E-state index in [0.29, 0.717) is 12.4 Å². The molecule has 7 heteroatoms. The molecular formula is C12H14ClN3OS2. The number of halogens is 1.